The van der Waals surface area contributed by atoms with Crippen LogP contribution in [0, 0.1) is 5.92 Å². The third-order valence-corrected chi connectivity index (χ3v) is 2.32. The van der Waals surface area contributed by atoms with E-state index in [0.29, 0.717) is 19.8 Å². The van der Waals surface area contributed by atoms with Crippen molar-refractivity contribution >= 4 is 0 Å². The van der Waals surface area contributed by atoms with E-state index >= 15 is 0 Å². The summed E-state index contributed by atoms with van der Waals surface area (Å²) in [6, 6.07) is 0. The molecule has 2 atom stereocenters. The van der Waals surface area contributed by atoms with Gasteiger partial charge in [0.05, 0.1) is 12.7 Å². The van der Waals surface area contributed by atoms with Crippen molar-refractivity contribution in [2.75, 3.05) is 19.8 Å². The number of rotatable bonds is 6. The van der Waals surface area contributed by atoms with Crippen LogP contribution in [0.1, 0.15) is 20.8 Å². The van der Waals surface area contributed by atoms with Crippen LogP contribution in [0.4, 0.5) is 0 Å². The molecule has 0 aromatic carbocycles. The van der Waals surface area contributed by atoms with Gasteiger partial charge in [-0.15, -0.1) is 0 Å². The molecule has 0 bridgehead atoms. The van der Waals surface area contributed by atoms with Gasteiger partial charge in [-0.3, -0.25) is 0 Å². The van der Waals surface area contributed by atoms with Crippen molar-refractivity contribution in [3.63, 3.8) is 0 Å². The predicted octanol–water partition coefficient (Wildman–Crippen LogP) is 1.98. The molecular formula is C11H20O3. The molecule has 0 spiro atoms. The lowest BCUT2D eigenvalue weighted by atomic mass is 10.0. The summed E-state index contributed by atoms with van der Waals surface area (Å²) in [6.07, 6.45) is 4.10. The van der Waals surface area contributed by atoms with Crippen LogP contribution in [0.2, 0.25) is 0 Å². The van der Waals surface area contributed by atoms with Crippen molar-refractivity contribution < 1.29 is 14.2 Å². The van der Waals surface area contributed by atoms with Crippen LogP contribution in [-0.4, -0.2) is 32.2 Å². The van der Waals surface area contributed by atoms with E-state index < -0.39 is 0 Å². The lowest BCUT2D eigenvalue weighted by Gasteiger charge is -2.26. The van der Waals surface area contributed by atoms with Crippen molar-refractivity contribution in [3.8, 4) is 0 Å². The van der Waals surface area contributed by atoms with Crippen LogP contribution in [0.25, 0.3) is 0 Å². The van der Waals surface area contributed by atoms with Crippen molar-refractivity contribution in [2.24, 2.45) is 5.92 Å². The summed E-state index contributed by atoms with van der Waals surface area (Å²) < 4.78 is 16.6. The van der Waals surface area contributed by atoms with Crippen LogP contribution in [0.3, 0.4) is 0 Å². The minimum Gasteiger partial charge on any atom is -0.370 e. The fourth-order valence-corrected chi connectivity index (χ4v) is 1.57. The molecule has 3 nitrogen and oxygen atoms in total. The van der Waals surface area contributed by atoms with Crippen LogP contribution in [-0.2, 0) is 14.2 Å². The van der Waals surface area contributed by atoms with E-state index in [9.17, 15) is 0 Å². The topological polar surface area (TPSA) is 27.7 Å². The fourth-order valence-electron chi connectivity index (χ4n) is 1.57. The van der Waals surface area contributed by atoms with Crippen LogP contribution >= 0.6 is 0 Å². The molecule has 0 aromatic rings. The Kier molecular flexibility index (Phi) is 5.15. The van der Waals surface area contributed by atoms with Gasteiger partial charge >= 0.3 is 0 Å². The second-order valence-electron chi connectivity index (χ2n) is 3.36. The highest BCUT2D eigenvalue weighted by atomic mass is 16.7. The molecule has 82 valence electrons. The Morgan fingerprint density at radius 3 is 2.43 bits per heavy atom. The molecule has 0 saturated carbocycles. The third kappa shape index (κ3) is 3.08. The molecule has 3 heteroatoms. The zero-order valence-electron chi connectivity index (χ0n) is 9.23. The summed E-state index contributed by atoms with van der Waals surface area (Å²) in [6.45, 7) is 8.10. The fraction of sp³-hybridized carbons (Fsp3) is 0.818. The summed E-state index contributed by atoms with van der Waals surface area (Å²) in [5.41, 5.74) is 0. The summed E-state index contributed by atoms with van der Waals surface area (Å²) >= 11 is 0. The average Bonchev–Trinajstić information content (AvgIpc) is 2.69. The highest BCUT2D eigenvalue weighted by Crippen LogP contribution is 2.20. The van der Waals surface area contributed by atoms with Crippen LogP contribution < -0.4 is 0 Å². The van der Waals surface area contributed by atoms with Gasteiger partial charge < -0.3 is 14.2 Å². The van der Waals surface area contributed by atoms with Crippen molar-refractivity contribution in [1.82, 2.24) is 0 Å². The van der Waals surface area contributed by atoms with Gasteiger partial charge in [-0.05, 0) is 13.8 Å². The Morgan fingerprint density at radius 2 is 2.00 bits per heavy atom. The molecule has 1 aliphatic rings. The van der Waals surface area contributed by atoms with Gasteiger partial charge in [-0.2, -0.15) is 0 Å². The Balaban J connectivity index is 2.43. The molecular weight excluding hydrogens is 180 g/mol. The predicted molar refractivity (Wildman–Crippen MR) is 55.1 cm³/mol. The molecule has 0 aliphatic carbocycles. The smallest absolute Gasteiger partial charge is 0.162 e. The Bertz CT molecular complexity index is 173. The summed E-state index contributed by atoms with van der Waals surface area (Å²) in [7, 11) is 0. The third-order valence-electron chi connectivity index (χ3n) is 2.32. The van der Waals surface area contributed by atoms with Gasteiger partial charge in [-0.1, -0.05) is 19.1 Å². The van der Waals surface area contributed by atoms with Gasteiger partial charge in [0.1, 0.15) is 0 Å². The number of hydrogen-bond acceptors (Lipinski definition) is 3. The highest BCUT2D eigenvalue weighted by Gasteiger charge is 2.27. The highest BCUT2D eigenvalue weighted by molar-refractivity contribution is 4.98. The Morgan fingerprint density at radius 1 is 1.36 bits per heavy atom. The maximum Gasteiger partial charge on any atom is 0.162 e. The Hall–Kier alpha value is -0.380. The first kappa shape index (κ1) is 11.7. The van der Waals surface area contributed by atoms with Gasteiger partial charge in [0, 0.05) is 19.1 Å². The largest absolute Gasteiger partial charge is 0.370 e. The standard InChI is InChI=1S/C11H20O3/c1-4-12-11(13-5-2)9(3)10-7-6-8-14-10/h6-7,9-11H,4-5,8H2,1-3H3. The normalized spacial score (nSPS) is 23.3. The molecule has 14 heavy (non-hydrogen) atoms. The number of hydrogen-bond donors (Lipinski definition) is 0. The zero-order chi connectivity index (χ0) is 10.4. The molecule has 1 aliphatic heterocycles. The lowest BCUT2D eigenvalue weighted by Crippen LogP contribution is -2.33. The van der Waals surface area contributed by atoms with Gasteiger partial charge in [0.25, 0.3) is 0 Å². The van der Waals surface area contributed by atoms with Crippen molar-refractivity contribution in [1.29, 1.82) is 0 Å². The van der Waals surface area contributed by atoms with E-state index in [-0.39, 0.29) is 18.3 Å². The second kappa shape index (κ2) is 6.17. The van der Waals surface area contributed by atoms with E-state index in [1.807, 2.05) is 19.9 Å². The van der Waals surface area contributed by atoms with E-state index in [1.165, 1.54) is 0 Å². The maximum absolute atomic E-state index is 5.52. The first-order valence-electron chi connectivity index (χ1n) is 5.31. The minimum absolute atomic E-state index is 0.137. The Labute approximate surface area is 86.0 Å². The van der Waals surface area contributed by atoms with E-state index in [4.69, 9.17) is 14.2 Å². The van der Waals surface area contributed by atoms with Crippen molar-refractivity contribution in [2.45, 2.75) is 33.2 Å². The van der Waals surface area contributed by atoms with Gasteiger partial charge in [-0.25, -0.2) is 0 Å². The monoisotopic (exact) mass is 200 g/mol. The van der Waals surface area contributed by atoms with Crippen LogP contribution in [0.5, 0.6) is 0 Å². The molecule has 1 rings (SSSR count). The molecule has 1 heterocycles. The average molecular weight is 200 g/mol. The quantitative estimate of drug-likeness (QED) is 0.484. The van der Waals surface area contributed by atoms with Crippen LogP contribution in [0.15, 0.2) is 12.2 Å². The van der Waals surface area contributed by atoms with E-state index in [1.54, 1.807) is 0 Å². The molecule has 0 saturated heterocycles. The summed E-state index contributed by atoms with van der Waals surface area (Å²) in [5.74, 6) is 0.244. The van der Waals surface area contributed by atoms with Crippen molar-refractivity contribution in [3.05, 3.63) is 12.2 Å². The SMILES string of the molecule is CCOC(OCC)C(C)C1C=CCO1. The van der Waals surface area contributed by atoms with E-state index in [0.717, 1.165) is 0 Å². The number of ether oxygens (including phenoxy) is 3. The maximum atomic E-state index is 5.52. The minimum atomic E-state index is -0.155. The summed E-state index contributed by atoms with van der Waals surface area (Å²) in [4.78, 5) is 0. The first-order chi connectivity index (χ1) is 6.79. The lowest BCUT2D eigenvalue weighted by molar-refractivity contribution is -0.180. The van der Waals surface area contributed by atoms with Gasteiger partial charge in [0.2, 0.25) is 0 Å². The molecule has 0 aromatic heterocycles. The van der Waals surface area contributed by atoms with E-state index in [2.05, 4.69) is 13.0 Å². The molecule has 0 fully saturated rings. The molecule has 2 unspecified atom stereocenters. The molecule has 0 amide bonds. The van der Waals surface area contributed by atoms with Gasteiger partial charge in [0.15, 0.2) is 6.29 Å². The molecule has 0 N–H and O–H groups in total. The second-order valence-corrected chi connectivity index (χ2v) is 3.36. The zero-order valence-corrected chi connectivity index (χ0v) is 9.23. The summed E-state index contributed by atoms with van der Waals surface area (Å²) in [5, 5.41) is 0. The molecule has 0 radical (unpaired) electrons. The first-order valence-corrected chi connectivity index (χ1v) is 5.31.